The number of hydrogen-bond acceptors (Lipinski definition) is 3. The van der Waals surface area contributed by atoms with Crippen LogP contribution in [0.2, 0.25) is 0 Å². The fourth-order valence-corrected chi connectivity index (χ4v) is 2.36. The van der Waals surface area contributed by atoms with Crippen LogP contribution in [0.3, 0.4) is 0 Å². The van der Waals surface area contributed by atoms with Crippen molar-refractivity contribution >= 4 is 22.6 Å². The second-order valence-corrected chi connectivity index (χ2v) is 6.01. The number of unbranched alkanes of at least 4 members (excludes halogenated alkanes) is 1. The van der Waals surface area contributed by atoms with Gasteiger partial charge in [-0.25, -0.2) is 4.79 Å². The predicted molar refractivity (Wildman–Crippen MR) is 95.9 cm³/mol. The monoisotopic (exact) mass is 327 g/mol. The Bertz CT molecular complexity index is 696. The van der Waals surface area contributed by atoms with Gasteiger partial charge in [-0.2, -0.15) is 0 Å². The summed E-state index contributed by atoms with van der Waals surface area (Å²) in [5.41, 5.74) is 0.568. The van der Waals surface area contributed by atoms with Crippen LogP contribution in [0.4, 0.5) is 0 Å². The van der Waals surface area contributed by atoms with Gasteiger partial charge >= 0.3 is 5.97 Å². The fourth-order valence-electron chi connectivity index (χ4n) is 2.36. The third-order valence-corrected chi connectivity index (χ3v) is 4.15. The molecule has 24 heavy (non-hydrogen) atoms. The molecule has 0 aliphatic heterocycles. The number of fused-ring (bicyclic) bond motifs is 1. The van der Waals surface area contributed by atoms with Gasteiger partial charge in [-0.3, -0.25) is 4.79 Å². The van der Waals surface area contributed by atoms with Gasteiger partial charge in [0.05, 0.1) is 12.2 Å². The molecule has 128 valence electrons. The summed E-state index contributed by atoms with van der Waals surface area (Å²) in [5, 5.41) is 5.02. The SMILES string of the molecule is CCC(C)C(=O)NCCCCOC(=O)c1ccc2ccccc2c1. The number of carbonyl (C=O) groups excluding carboxylic acids is 2. The number of rotatable bonds is 8. The molecule has 2 aromatic rings. The highest BCUT2D eigenvalue weighted by Gasteiger charge is 2.09. The number of carbonyl (C=O) groups is 2. The Labute approximate surface area is 143 Å². The largest absolute Gasteiger partial charge is 0.462 e. The lowest BCUT2D eigenvalue weighted by Gasteiger charge is -2.10. The Kier molecular flexibility index (Phi) is 6.79. The number of ether oxygens (including phenoxy) is 1. The van der Waals surface area contributed by atoms with Crippen molar-refractivity contribution in [2.24, 2.45) is 5.92 Å². The topological polar surface area (TPSA) is 55.4 Å². The van der Waals surface area contributed by atoms with Crippen molar-refractivity contribution in [1.82, 2.24) is 5.32 Å². The number of nitrogens with one attached hydrogen (secondary N) is 1. The number of amides is 1. The molecule has 0 heterocycles. The lowest BCUT2D eigenvalue weighted by atomic mass is 10.1. The molecule has 1 amide bonds. The van der Waals surface area contributed by atoms with E-state index >= 15 is 0 Å². The summed E-state index contributed by atoms with van der Waals surface area (Å²) in [7, 11) is 0. The minimum Gasteiger partial charge on any atom is -0.462 e. The number of hydrogen-bond donors (Lipinski definition) is 1. The molecule has 0 aliphatic carbocycles. The normalized spacial score (nSPS) is 11.9. The van der Waals surface area contributed by atoms with Crippen LogP contribution in [-0.2, 0) is 9.53 Å². The molecule has 2 aromatic carbocycles. The summed E-state index contributed by atoms with van der Waals surface area (Å²) in [5.74, 6) is -0.161. The molecular formula is C20H25NO3. The molecule has 4 nitrogen and oxygen atoms in total. The van der Waals surface area contributed by atoms with E-state index in [9.17, 15) is 9.59 Å². The van der Waals surface area contributed by atoms with Gasteiger partial charge in [0.1, 0.15) is 0 Å². The van der Waals surface area contributed by atoms with Gasteiger partial charge in [0.2, 0.25) is 5.91 Å². The molecule has 0 aliphatic rings. The van der Waals surface area contributed by atoms with Crippen molar-refractivity contribution in [3.8, 4) is 0 Å². The Morgan fingerprint density at radius 2 is 1.83 bits per heavy atom. The van der Waals surface area contributed by atoms with Crippen molar-refractivity contribution in [2.75, 3.05) is 13.2 Å². The van der Waals surface area contributed by atoms with Crippen LogP contribution in [0.15, 0.2) is 42.5 Å². The standard InChI is InChI=1S/C20H25NO3/c1-3-15(2)19(22)21-12-6-7-13-24-20(23)18-11-10-16-8-4-5-9-17(16)14-18/h4-5,8-11,14-15H,3,6-7,12-13H2,1-2H3,(H,21,22). The molecule has 1 unspecified atom stereocenters. The van der Waals surface area contributed by atoms with E-state index in [1.807, 2.05) is 50.2 Å². The molecule has 0 aromatic heterocycles. The van der Waals surface area contributed by atoms with E-state index in [1.165, 1.54) is 0 Å². The summed E-state index contributed by atoms with van der Waals surface area (Å²) >= 11 is 0. The Morgan fingerprint density at radius 3 is 2.58 bits per heavy atom. The molecule has 0 saturated heterocycles. The van der Waals surface area contributed by atoms with Crippen LogP contribution in [0.25, 0.3) is 10.8 Å². The second kappa shape index (κ2) is 9.06. The van der Waals surface area contributed by atoms with Crippen LogP contribution in [0.5, 0.6) is 0 Å². The van der Waals surface area contributed by atoms with Crippen molar-refractivity contribution in [1.29, 1.82) is 0 Å². The number of esters is 1. The molecule has 0 fully saturated rings. The molecule has 0 bridgehead atoms. The molecule has 0 spiro atoms. The average Bonchev–Trinajstić information content (AvgIpc) is 2.62. The third-order valence-electron chi connectivity index (χ3n) is 4.15. The summed E-state index contributed by atoms with van der Waals surface area (Å²) in [6, 6.07) is 13.5. The quantitative estimate of drug-likeness (QED) is 0.590. The van der Waals surface area contributed by atoms with E-state index in [2.05, 4.69) is 5.32 Å². The zero-order chi connectivity index (χ0) is 17.4. The van der Waals surface area contributed by atoms with E-state index in [-0.39, 0.29) is 17.8 Å². The molecule has 0 radical (unpaired) electrons. The summed E-state index contributed by atoms with van der Waals surface area (Å²) in [4.78, 5) is 23.7. The molecule has 1 atom stereocenters. The molecular weight excluding hydrogens is 302 g/mol. The van der Waals surface area contributed by atoms with E-state index in [0.717, 1.165) is 30.0 Å². The smallest absolute Gasteiger partial charge is 0.338 e. The fraction of sp³-hybridized carbons (Fsp3) is 0.400. The van der Waals surface area contributed by atoms with Crippen LogP contribution >= 0.6 is 0 Å². The third kappa shape index (κ3) is 5.08. The number of benzene rings is 2. The Balaban J connectivity index is 1.70. The van der Waals surface area contributed by atoms with Crippen molar-refractivity contribution in [2.45, 2.75) is 33.1 Å². The Hall–Kier alpha value is -2.36. The molecule has 2 rings (SSSR count). The zero-order valence-electron chi connectivity index (χ0n) is 14.4. The van der Waals surface area contributed by atoms with E-state index in [1.54, 1.807) is 6.07 Å². The van der Waals surface area contributed by atoms with Crippen LogP contribution < -0.4 is 5.32 Å². The van der Waals surface area contributed by atoms with Gasteiger partial charge in [-0.05, 0) is 42.2 Å². The van der Waals surface area contributed by atoms with E-state index < -0.39 is 0 Å². The lowest BCUT2D eigenvalue weighted by molar-refractivity contribution is -0.124. The van der Waals surface area contributed by atoms with Crippen molar-refractivity contribution in [3.63, 3.8) is 0 Å². The maximum absolute atomic E-state index is 12.1. The van der Waals surface area contributed by atoms with Gasteiger partial charge in [0.15, 0.2) is 0 Å². The molecule has 4 heteroatoms. The van der Waals surface area contributed by atoms with Gasteiger partial charge in [0, 0.05) is 12.5 Å². The highest BCUT2D eigenvalue weighted by molar-refractivity contribution is 5.95. The predicted octanol–water partition coefficient (Wildman–Crippen LogP) is 3.94. The molecule has 1 N–H and O–H groups in total. The van der Waals surface area contributed by atoms with Crippen LogP contribution in [0, 0.1) is 5.92 Å². The molecule has 0 saturated carbocycles. The van der Waals surface area contributed by atoms with Crippen molar-refractivity contribution in [3.05, 3.63) is 48.0 Å². The summed E-state index contributed by atoms with van der Waals surface area (Å²) in [6.45, 7) is 4.90. The first-order valence-corrected chi connectivity index (χ1v) is 8.55. The van der Waals surface area contributed by atoms with Crippen molar-refractivity contribution < 1.29 is 14.3 Å². The van der Waals surface area contributed by atoms with Gasteiger partial charge in [-0.15, -0.1) is 0 Å². The maximum Gasteiger partial charge on any atom is 0.338 e. The summed E-state index contributed by atoms with van der Waals surface area (Å²) in [6.07, 6.45) is 2.38. The average molecular weight is 327 g/mol. The first-order chi connectivity index (χ1) is 11.6. The van der Waals surface area contributed by atoms with Gasteiger partial charge < -0.3 is 10.1 Å². The minimum atomic E-state index is -0.301. The first kappa shape index (κ1) is 18.0. The Morgan fingerprint density at radius 1 is 1.08 bits per heavy atom. The van der Waals surface area contributed by atoms with Crippen LogP contribution in [0.1, 0.15) is 43.5 Å². The van der Waals surface area contributed by atoms with E-state index in [0.29, 0.717) is 18.7 Å². The van der Waals surface area contributed by atoms with Crippen LogP contribution in [-0.4, -0.2) is 25.0 Å². The second-order valence-electron chi connectivity index (χ2n) is 6.01. The first-order valence-electron chi connectivity index (χ1n) is 8.55. The summed E-state index contributed by atoms with van der Waals surface area (Å²) < 4.78 is 5.30. The maximum atomic E-state index is 12.1. The highest BCUT2D eigenvalue weighted by Crippen LogP contribution is 2.16. The van der Waals surface area contributed by atoms with Gasteiger partial charge in [-0.1, -0.05) is 44.2 Å². The minimum absolute atomic E-state index is 0.0516. The van der Waals surface area contributed by atoms with Gasteiger partial charge in [0.25, 0.3) is 0 Å². The van der Waals surface area contributed by atoms with E-state index in [4.69, 9.17) is 4.74 Å². The zero-order valence-corrected chi connectivity index (χ0v) is 14.4. The highest BCUT2D eigenvalue weighted by atomic mass is 16.5. The lowest BCUT2D eigenvalue weighted by Crippen LogP contribution is -2.29.